The standard InChI is InChI=1S/C20H22N4O2S/c1-12(2)11-24-19(26)14-8-4-3-7-13(14)17(23-24)18(25)22-20-21-15-9-5-6-10-16(15)27-20/h3-4,7-8,12H,5-6,9-11H2,1-2H3,(H,21,22,25). The Balaban J connectivity index is 1.73. The van der Waals surface area contributed by atoms with Crippen LogP contribution in [-0.2, 0) is 19.4 Å². The lowest BCUT2D eigenvalue weighted by molar-refractivity contribution is 0.102. The minimum absolute atomic E-state index is 0.166. The van der Waals surface area contributed by atoms with Crippen molar-refractivity contribution in [3.63, 3.8) is 0 Å². The third-order valence-electron chi connectivity index (χ3n) is 4.69. The highest BCUT2D eigenvalue weighted by Gasteiger charge is 2.20. The van der Waals surface area contributed by atoms with Crippen LogP contribution in [0.4, 0.5) is 5.13 Å². The number of nitrogens with zero attached hydrogens (tertiary/aromatic N) is 3. The van der Waals surface area contributed by atoms with Crippen molar-refractivity contribution < 1.29 is 4.79 Å². The average molecular weight is 382 g/mol. The lowest BCUT2D eigenvalue weighted by atomic mass is 10.0. The van der Waals surface area contributed by atoms with E-state index in [-0.39, 0.29) is 23.1 Å². The molecule has 1 amide bonds. The van der Waals surface area contributed by atoms with Gasteiger partial charge in [-0.25, -0.2) is 9.67 Å². The minimum Gasteiger partial charge on any atom is -0.296 e. The topological polar surface area (TPSA) is 76.9 Å². The first-order chi connectivity index (χ1) is 13.0. The molecule has 2 aromatic heterocycles. The number of thiazole rings is 1. The molecule has 2 heterocycles. The number of nitrogens with one attached hydrogen (secondary N) is 1. The largest absolute Gasteiger partial charge is 0.296 e. The van der Waals surface area contributed by atoms with Crippen LogP contribution in [0.3, 0.4) is 0 Å². The van der Waals surface area contributed by atoms with Crippen LogP contribution in [0.15, 0.2) is 29.1 Å². The van der Waals surface area contributed by atoms with E-state index < -0.39 is 0 Å². The summed E-state index contributed by atoms with van der Waals surface area (Å²) in [5.41, 5.74) is 1.20. The van der Waals surface area contributed by atoms with Crippen molar-refractivity contribution in [1.82, 2.24) is 14.8 Å². The van der Waals surface area contributed by atoms with E-state index in [0.29, 0.717) is 22.4 Å². The molecule has 27 heavy (non-hydrogen) atoms. The van der Waals surface area contributed by atoms with Crippen molar-refractivity contribution in [3.05, 3.63) is 50.9 Å². The van der Waals surface area contributed by atoms with Gasteiger partial charge in [0.05, 0.1) is 11.1 Å². The van der Waals surface area contributed by atoms with E-state index in [1.54, 1.807) is 29.5 Å². The fourth-order valence-electron chi connectivity index (χ4n) is 3.43. The van der Waals surface area contributed by atoms with E-state index in [0.717, 1.165) is 25.0 Å². The molecule has 0 fully saturated rings. The highest BCUT2D eigenvalue weighted by atomic mass is 32.1. The van der Waals surface area contributed by atoms with E-state index in [4.69, 9.17) is 0 Å². The van der Waals surface area contributed by atoms with Gasteiger partial charge in [0, 0.05) is 16.8 Å². The maximum Gasteiger partial charge on any atom is 0.278 e. The summed E-state index contributed by atoms with van der Waals surface area (Å²) < 4.78 is 1.40. The number of amides is 1. The molecule has 0 saturated carbocycles. The van der Waals surface area contributed by atoms with Crippen LogP contribution in [-0.4, -0.2) is 20.7 Å². The molecule has 6 nitrogen and oxygen atoms in total. The zero-order valence-corrected chi connectivity index (χ0v) is 16.3. The molecule has 0 bridgehead atoms. The number of carbonyl (C=O) groups excluding carboxylic acids is 1. The summed E-state index contributed by atoms with van der Waals surface area (Å²) in [5.74, 6) is -0.0761. The Hall–Kier alpha value is -2.54. The van der Waals surface area contributed by atoms with E-state index in [9.17, 15) is 9.59 Å². The zero-order valence-electron chi connectivity index (χ0n) is 15.5. The molecular formula is C20H22N4O2S. The van der Waals surface area contributed by atoms with Crippen LogP contribution in [0.2, 0.25) is 0 Å². The van der Waals surface area contributed by atoms with Gasteiger partial charge in [0.25, 0.3) is 11.5 Å². The van der Waals surface area contributed by atoms with Gasteiger partial charge >= 0.3 is 0 Å². The number of carbonyl (C=O) groups is 1. The first-order valence-electron chi connectivity index (χ1n) is 9.32. The van der Waals surface area contributed by atoms with Crippen molar-refractivity contribution in [2.75, 3.05) is 5.32 Å². The lowest BCUT2D eigenvalue weighted by Crippen LogP contribution is -2.29. The molecule has 1 N–H and O–H groups in total. The third kappa shape index (κ3) is 3.51. The summed E-state index contributed by atoms with van der Waals surface area (Å²) in [5, 5.41) is 8.98. The number of rotatable bonds is 4. The van der Waals surface area contributed by atoms with Crippen LogP contribution in [0.5, 0.6) is 0 Å². The van der Waals surface area contributed by atoms with Crippen LogP contribution < -0.4 is 10.9 Å². The minimum atomic E-state index is -0.324. The first kappa shape index (κ1) is 17.9. The second kappa shape index (κ2) is 7.23. The first-order valence-corrected chi connectivity index (χ1v) is 10.1. The van der Waals surface area contributed by atoms with Crippen LogP contribution in [0.25, 0.3) is 10.8 Å². The van der Waals surface area contributed by atoms with Gasteiger partial charge in [-0.3, -0.25) is 14.9 Å². The van der Waals surface area contributed by atoms with E-state index in [1.807, 2.05) is 19.9 Å². The highest BCUT2D eigenvalue weighted by molar-refractivity contribution is 7.15. The fraction of sp³-hybridized carbons (Fsp3) is 0.400. The Bertz CT molecular complexity index is 1040. The molecule has 0 radical (unpaired) electrons. The Morgan fingerprint density at radius 1 is 1.22 bits per heavy atom. The number of anilines is 1. The van der Waals surface area contributed by atoms with E-state index >= 15 is 0 Å². The second-order valence-electron chi connectivity index (χ2n) is 7.33. The Labute approximate surface area is 161 Å². The van der Waals surface area contributed by atoms with Crippen LogP contribution in [0.1, 0.15) is 47.7 Å². The monoisotopic (exact) mass is 382 g/mol. The van der Waals surface area contributed by atoms with Gasteiger partial charge in [-0.05, 0) is 37.7 Å². The van der Waals surface area contributed by atoms with Crippen LogP contribution in [0, 0.1) is 5.92 Å². The molecule has 0 unspecified atom stereocenters. The van der Waals surface area contributed by atoms with Crippen molar-refractivity contribution >= 4 is 33.1 Å². The number of hydrogen-bond donors (Lipinski definition) is 1. The quantitative estimate of drug-likeness (QED) is 0.747. The van der Waals surface area contributed by atoms with Gasteiger partial charge < -0.3 is 0 Å². The highest BCUT2D eigenvalue weighted by Crippen LogP contribution is 2.30. The van der Waals surface area contributed by atoms with Crippen molar-refractivity contribution in [2.45, 2.75) is 46.1 Å². The molecule has 1 aliphatic rings. The van der Waals surface area contributed by atoms with Crippen molar-refractivity contribution in [2.24, 2.45) is 5.92 Å². The molecule has 3 aromatic rings. The number of fused-ring (bicyclic) bond motifs is 2. The molecule has 1 aliphatic carbocycles. The molecule has 0 aliphatic heterocycles. The summed E-state index contributed by atoms with van der Waals surface area (Å²) in [6.45, 7) is 4.50. The second-order valence-corrected chi connectivity index (χ2v) is 8.41. The number of hydrogen-bond acceptors (Lipinski definition) is 5. The zero-order chi connectivity index (χ0) is 19.0. The molecule has 4 rings (SSSR count). The summed E-state index contributed by atoms with van der Waals surface area (Å²) in [7, 11) is 0. The number of aryl methyl sites for hydroxylation is 2. The average Bonchev–Trinajstić information content (AvgIpc) is 3.06. The predicted molar refractivity (Wildman–Crippen MR) is 108 cm³/mol. The summed E-state index contributed by atoms with van der Waals surface area (Å²) >= 11 is 1.54. The SMILES string of the molecule is CC(C)Cn1nc(C(=O)Nc2nc3c(s2)CCCC3)c2ccccc2c1=O. The van der Waals surface area contributed by atoms with Crippen molar-refractivity contribution in [3.8, 4) is 0 Å². The molecule has 7 heteroatoms. The Morgan fingerprint density at radius 3 is 2.70 bits per heavy atom. The van der Waals surface area contributed by atoms with Gasteiger partial charge in [-0.15, -0.1) is 11.3 Å². The Morgan fingerprint density at radius 2 is 1.96 bits per heavy atom. The maximum atomic E-state index is 13.0. The van der Waals surface area contributed by atoms with Gasteiger partial charge in [-0.2, -0.15) is 5.10 Å². The van der Waals surface area contributed by atoms with Gasteiger partial charge in [0.15, 0.2) is 10.8 Å². The van der Waals surface area contributed by atoms with Gasteiger partial charge in [-0.1, -0.05) is 32.0 Å². The van der Waals surface area contributed by atoms with Gasteiger partial charge in [0.2, 0.25) is 0 Å². The molecule has 0 spiro atoms. The molecular weight excluding hydrogens is 360 g/mol. The third-order valence-corrected chi connectivity index (χ3v) is 5.76. The number of benzene rings is 1. The van der Waals surface area contributed by atoms with E-state index in [1.165, 1.54) is 16.0 Å². The van der Waals surface area contributed by atoms with E-state index in [2.05, 4.69) is 15.4 Å². The lowest BCUT2D eigenvalue weighted by Gasteiger charge is -2.12. The molecule has 1 aromatic carbocycles. The fourth-order valence-corrected chi connectivity index (χ4v) is 4.48. The smallest absolute Gasteiger partial charge is 0.278 e. The maximum absolute atomic E-state index is 13.0. The summed E-state index contributed by atoms with van der Waals surface area (Å²) in [6, 6.07) is 7.13. The summed E-state index contributed by atoms with van der Waals surface area (Å²) in [4.78, 5) is 31.5. The molecule has 0 atom stereocenters. The van der Waals surface area contributed by atoms with Crippen LogP contribution >= 0.6 is 11.3 Å². The Kier molecular flexibility index (Phi) is 4.78. The molecule has 140 valence electrons. The molecule has 0 saturated heterocycles. The summed E-state index contributed by atoms with van der Waals surface area (Å²) in [6.07, 6.45) is 4.33. The normalized spacial score (nSPS) is 13.7. The number of aromatic nitrogens is 3. The van der Waals surface area contributed by atoms with Gasteiger partial charge in [0.1, 0.15) is 0 Å². The van der Waals surface area contributed by atoms with Crippen molar-refractivity contribution in [1.29, 1.82) is 0 Å². The predicted octanol–water partition coefficient (Wildman–Crippen LogP) is 3.64.